The predicted molar refractivity (Wildman–Crippen MR) is 185 cm³/mol. The van der Waals surface area contributed by atoms with Gasteiger partial charge in [-0.2, -0.15) is 0 Å². The molecule has 2 rings (SSSR count). The fraction of sp³-hybridized carbons (Fsp3) is 0.615. The van der Waals surface area contributed by atoms with Crippen molar-refractivity contribution in [3.05, 3.63) is 76.5 Å². The lowest BCUT2D eigenvalue weighted by atomic mass is 9.76. The molecule has 0 radical (unpaired) electrons. The Bertz CT molecular complexity index is 1090. The van der Waals surface area contributed by atoms with Gasteiger partial charge >= 0.3 is 0 Å². The maximum Gasteiger partial charge on any atom is 0.0448 e. The fourth-order valence-electron chi connectivity index (χ4n) is 6.91. The lowest BCUT2D eigenvalue weighted by Gasteiger charge is -2.30. The van der Waals surface area contributed by atoms with Gasteiger partial charge in [-0.1, -0.05) is 102 Å². The highest BCUT2D eigenvalue weighted by atomic mass is 14.8. The van der Waals surface area contributed by atoms with Crippen LogP contribution in [0.3, 0.4) is 0 Å². The summed E-state index contributed by atoms with van der Waals surface area (Å²) in [4.78, 5) is 5.09. The molecule has 1 aromatic carbocycles. The average molecular weight is 559 g/mol. The number of aliphatic imine (C=N–C) groups is 1. The molecule has 1 aliphatic rings. The summed E-state index contributed by atoms with van der Waals surface area (Å²) < 4.78 is 0. The third-order valence-corrected chi connectivity index (χ3v) is 9.48. The highest BCUT2D eigenvalue weighted by Gasteiger charge is 2.34. The average Bonchev–Trinajstić information content (AvgIpc) is 3.32. The molecule has 0 spiro atoms. The topological polar surface area (TPSA) is 38.4 Å². The summed E-state index contributed by atoms with van der Waals surface area (Å²) in [5.74, 6) is 0. The van der Waals surface area contributed by atoms with Crippen molar-refractivity contribution < 1.29 is 0 Å². The molecule has 2 unspecified atom stereocenters. The van der Waals surface area contributed by atoms with Gasteiger partial charge in [0.2, 0.25) is 0 Å². The number of hydrogen-bond acceptors (Lipinski definition) is 2. The molecule has 1 aliphatic heterocycles. The number of nitrogens with two attached hydrogens (primary N) is 1. The molecule has 0 aromatic heterocycles. The molecular formula is C39H62N2. The van der Waals surface area contributed by atoms with Crippen LogP contribution in [0, 0.1) is 24.7 Å². The molecule has 1 heterocycles. The van der Waals surface area contributed by atoms with Crippen LogP contribution in [0.5, 0.6) is 0 Å². The fourth-order valence-corrected chi connectivity index (χ4v) is 6.91. The largest absolute Gasteiger partial charge is 0.402 e. The summed E-state index contributed by atoms with van der Waals surface area (Å²) in [6, 6.07) is 7.01. The molecule has 2 heteroatoms. The molecule has 0 fully saturated rings. The Labute approximate surface area is 254 Å². The first kappa shape index (κ1) is 34.8. The van der Waals surface area contributed by atoms with Crippen molar-refractivity contribution in [3.63, 3.8) is 0 Å². The number of rotatable bonds is 18. The molecule has 2 nitrogen and oxygen atoms in total. The Hall–Kier alpha value is -2.35. The molecule has 0 aliphatic carbocycles. The first-order valence-electron chi connectivity index (χ1n) is 16.7. The Morgan fingerprint density at radius 1 is 1.02 bits per heavy atom. The van der Waals surface area contributed by atoms with E-state index in [-0.39, 0.29) is 5.41 Å². The van der Waals surface area contributed by atoms with E-state index in [2.05, 4.69) is 98.4 Å². The van der Waals surface area contributed by atoms with E-state index in [0.29, 0.717) is 5.41 Å². The lowest BCUT2D eigenvalue weighted by molar-refractivity contribution is 0.282. The molecule has 1 aromatic rings. The van der Waals surface area contributed by atoms with Crippen LogP contribution in [0.2, 0.25) is 0 Å². The van der Waals surface area contributed by atoms with Crippen LogP contribution in [-0.4, -0.2) is 12.3 Å². The summed E-state index contributed by atoms with van der Waals surface area (Å²) in [6.45, 7) is 23.2. The Kier molecular flexibility index (Phi) is 14.4. The Morgan fingerprint density at radius 3 is 2.29 bits per heavy atom. The number of aryl methyl sites for hydroxylation is 2. The highest BCUT2D eigenvalue weighted by molar-refractivity contribution is 5.86. The third-order valence-electron chi connectivity index (χ3n) is 9.48. The smallest absolute Gasteiger partial charge is 0.0448 e. The van der Waals surface area contributed by atoms with Crippen molar-refractivity contribution in [2.45, 2.75) is 139 Å². The quantitative estimate of drug-likeness (QED) is 0.179. The lowest BCUT2D eigenvalue weighted by Crippen LogP contribution is -2.24. The van der Waals surface area contributed by atoms with E-state index in [1.807, 2.05) is 0 Å². The molecule has 0 saturated heterocycles. The van der Waals surface area contributed by atoms with Crippen molar-refractivity contribution in [3.8, 4) is 0 Å². The normalized spacial score (nSPS) is 19.8. The second-order valence-corrected chi connectivity index (χ2v) is 13.2. The van der Waals surface area contributed by atoms with Crippen LogP contribution in [-0.2, 0) is 0 Å². The third kappa shape index (κ3) is 10.5. The van der Waals surface area contributed by atoms with Crippen molar-refractivity contribution in [1.29, 1.82) is 0 Å². The summed E-state index contributed by atoms with van der Waals surface area (Å²) >= 11 is 0. The van der Waals surface area contributed by atoms with Gasteiger partial charge in [0.1, 0.15) is 0 Å². The van der Waals surface area contributed by atoms with Crippen molar-refractivity contribution in [2.75, 3.05) is 6.54 Å². The Balaban J connectivity index is 2.10. The van der Waals surface area contributed by atoms with Crippen molar-refractivity contribution in [1.82, 2.24) is 0 Å². The standard InChI is InChI=1S/C39H62N2/c1-10-17-33(27-34(18-11-2)37(13-4)35-25-30(6)24-31(7)26-35)19-15-23-39(14-5)28-36(41-29-39)20-16-22-38(9,21-12-3)32(8)40/h10,17,24-27H,8,11-16,18-23,28-29,40H2,1-7,9H3/b17-10+,33-27+,37-34+. The molecule has 0 saturated carbocycles. The second-order valence-electron chi connectivity index (χ2n) is 13.2. The zero-order chi connectivity index (χ0) is 30.5. The second kappa shape index (κ2) is 16.9. The zero-order valence-corrected chi connectivity index (χ0v) is 28.1. The van der Waals surface area contributed by atoms with Crippen LogP contribution >= 0.6 is 0 Å². The van der Waals surface area contributed by atoms with Gasteiger partial charge in [0.15, 0.2) is 0 Å². The van der Waals surface area contributed by atoms with Crippen LogP contribution in [0.25, 0.3) is 5.57 Å². The summed E-state index contributed by atoms with van der Waals surface area (Å²) in [6.07, 6.45) is 22.1. The van der Waals surface area contributed by atoms with Crippen LogP contribution < -0.4 is 5.73 Å². The summed E-state index contributed by atoms with van der Waals surface area (Å²) in [5, 5.41) is 0. The van der Waals surface area contributed by atoms with Crippen molar-refractivity contribution >= 4 is 11.3 Å². The van der Waals surface area contributed by atoms with Gasteiger partial charge < -0.3 is 5.73 Å². The molecule has 41 heavy (non-hydrogen) atoms. The van der Waals surface area contributed by atoms with E-state index in [1.165, 1.54) is 71.2 Å². The van der Waals surface area contributed by atoms with Crippen LogP contribution in [0.15, 0.2) is 64.8 Å². The number of allylic oxidation sites excluding steroid dienone is 7. The van der Waals surface area contributed by atoms with Gasteiger partial charge in [-0.25, -0.2) is 0 Å². The van der Waals surface area contributed by atoms with E-state index in [0.717, 1.165) is 63.6 Å². The predicted octanol–water partition coefficient (Wildman–Crippen LogP) is 11.6. The molecular weight excluding hydrogens is 496 g/mol. The van der Waals surface area contributed by atoms with Gasteiger partial charge in [0.25, 0.3) is 0 Å². The molecule has 0 bridgehead atoms. The molecule has 0 amide bonds. The van der Waals surface area contributed by atoms with Gasteiger partial charge in [-0.15, -0.1) is 0 Å². The SMILES string of the molecule is C=C(N)C(C)(CCC)CCCC1=NCC(CC)(CCCC(=C/C(CCC)=C(\CC)c2cc(C)cc(C)c2)/C=C/C)C1. The molecule has 2 N–H and O–H groups in total. The van der Waals surface area contributed by atoms with Gasteiger partial charge in [0, 0.05) is 23.4 Å². The van der Waals surface area contributed by atoms with E-state index < -0.39 is 0 Å². The number of benzene rings is 1. The highest BCUT2D eigenvalue weighted by Crippen LogP contribution is 2.40. The van der Waals surface area contributed by atoms with E-state index >= 15 is 0 Å². The minimum Gasteiger partial charge on any atom is -0.402 e. The zero-order valence-electron chi connectivity index (χ0n) is 28.1. The Morgan fingerprint density at radius 2 is 1.73 bits per heavy atom. The van der Waals surface area contributed by atoms with Crippen molar-refractivity contribution in [2.24, 2.45) is 21.6 Å². The number of nitrogens with zero attached hydrogens (tertiary/aromatic N) is 1. The minimum absolute atomic E-state index is 0.0617. The maximum absolute atomic E-state index is 6.19. The van der Waals surface area contributed by atoms with E-state index in [9.17, 15) is 0 Å². The van der Waals surface area contributed by atoms with Crippen LogP contribution in [0.4, 0.5) is 0 Å². The van der Waals surface area contributed by atoms with E-state index in [4.69, 9.17) is 10.7 Å². The molecule has 228 valence electrons. The minimum atomic E-state index is 0.0617. The summed E-state index contributed by atoms with van der Waals surface area (Å²) in [7, 11) is 0. The van der Waals surface area contributed by atoms with Gasteiger partial charge in [-0.3, -0.25) is 4.99 Å². The first-order valence-corrected chi connectivity index (χ1v) is 16.7. The van der Waals surface area contributed by atoms with Gasteiger partial charge in [0.05, 0.1) is 0 Å². The number of hydrogen-bond donors (Lipinski definition) is 1. The van der Waals surface area contributed by atoms with Gasteiger partial charge in [-0.05, 0) is 119 Å². The first-order chi connectivity index (χ1) is 19.5. The maximum atomic E-state index is 6.19. The van der Waals surface area contributed by atoms with E-state index in [1.54, 1.807) is 0 Å². The van der Waals surface area contributed by atoms with Crippen LogP contribution in [0.1, 0.15) is 142 Å². The molecule has 2 atom stereocenters. The monoisotopic (exact) mass is 558 g/mol. The summed E-state index contributed by atoms with van der Waals surface area (Å²) in [5.41, 5.74) is 17.5.